The van der Waals surface area contributed by atoms with Gasteiger partial charge in [0.05, 0.1) is 6.54 Å². The number of carbonyl (C=O) groups excluding carboxylic acids is 1. The van der Waals surface area contributed by atoms with Gasteiger partial charge in [0.15, 0.2) is 0 Å². The van der Waals surface area contributed by atoms with Crippen molar-refractivity contribution >= 4 is 11.6 Å². The van der Waals surface area contributed by atoms with Crippen molar-refractivity contribution in [3.05, 3.63) is 29.8 Å². The average Bonchev–Trinajstić information content (AvgIpc) is 2.34. The number of piperazine rings is 1. The van der Waals surface area contributed by atoms with Gasteiger partial charge >= 0.3 is 0 Å². The number of aryl methyl sites for hydroxylation is 1. The highest BCUT2D eigenvalue weighted by Gasteiger charge is 2.30. The molecular formula is C15H23N3O. The molecule has 4 heteroatoms. The summed E-state index contributed by atoms with van der Waals surface area (Å²) in [5.74, 6) is -0.247. The van der Waals surface area contributed by atoms with Gasteiger partial charge in [-0.25, -0.2) is 0 Å². The zero-order valence-electron chi connectivity index (χ0n) is 12.0. The fraction of sp³-hybridized carbons (Fsp3) is 0.533. The van der Waals surface area contributed by atoms with Crippen molar-refractivity contribution in [3.8, 4) is 0 Å². The number of rotatable bonds is 3. The molecule has 0 aliphatic carbocycles. The van der Waals surface area contributed by atoms with Crippen LogP contribution in [0, 0.1) is 6.92 Å². The number of hydrogen-bond acceptors (Lipinski definition) is 3. The number of carbonyl (C=O) groups is 1. The molecule has 2 atom stereocenters. The first kappa shape index (κ1) is 13.9. The summed E-state index contributed by atoms with van der Waals surface area (Å²) in [7, 11) is 0. The van der Waals surface area contributed by atoms with Crippen molar-refractivity contribution < 1.29 is 4.79 Å². The lowest BCUT2D eigenvalue weighted by Gasteiger charge is -2.45. The third-order valence-electron chi connectivity index (χ3n) is 3.90. The predicted octanol–water partition coefficient (Wildman–Crippen LogP) is 1.38. The summed E-state index contributed by atoms with van der Waals surface area (Å²) in [4.78, 5) is 15.7. The molecule has 0 saturated carbocycles. The van der Waals surface area contributed by atoms with E-state index < -0.39 is 0 Å². The molecule has 1 aliphatic heterocycles. The van der Waals surface area contributed by atoms with Gasteiger partial charge in [-0.05, 0) is 32.4 Å². The zero-order chi connectivity index (χ0) is 14.0. The molecule has 1 amide bonds. The maximum atomic E-state index is 11.1. The van der Waals surface area contributed by atoms with Crippen molar-refractivity contribution in [2.24, 2.45) is 5.73 Å². The molecule has 2 N–H and O–H groups in total. The molecule has 1 aromatic rings. The van der Waals surface area contributed by atoms with Gasteiger partial charge in [-0.2, -0.15) is 0 Å². The molecule has 0 aromatic heterocycles. The summed E-state index contributed by atoms with van der Waals surface area (Å²) in [5.41, 5.74) is 7.91. The van der Waals surface area contributed by atoms with Crippen molar-refractivity contribution in [1.29, 1.82) is 0 Å². The molecule has 1 aliphatic rings. The maximum absolute atomic E-state index is 11.1. The Kier molecular flexibility index (Phi) is 4.10. The van der Waals surface area contributed by atoms with Crippen LogP contribution in [-0.4, -0.2) is 42.5 Å². The molecule has 4 nitrogen and oxygen atoms in total. The van der Waals surface area contributed by atoms with Crippen LogP contribution < -0.4 is 10.6 Å². The second-order valence-electron chi connectivity index (χ2n) is 5.53. The van der Waals surface area contributed by atoms with Crippen LogP contribution in [-0.2, 0) is 4.79 Å². The number of benzene rings is 1. The van der Waals surface area contributed by atoms with Crippen LogP contribution in [0.4, 0.5) is 5.69 Å². The van der Waals surface area contributed by atoms with Gasteiger partial charge in [0.1, 0.15) is 0 Å². The van der Waals surface area contributed by atoms with Gasteiger partial charge in [0, 0.05) is 30.9 Å². The van der Waals surface area contributed by atoms with Crippen LogP contribution in [0.25, 0.3) is 0 Å². The second-order valence-corrected chi connectivity index (χ2v) is 5.53. The van der Waals surface area contributed by atoms with Crippen molar-refractivity contribution in [2.45, 2.75) is 32.9 Å². The van der Waals surface area contributed by atoms with E-state index in [1.807, 2.05) is 0 Å². The van der Waals surface area contributed by atoms with Crippen molar-refractivity contribution in [1.82, 2.24) is 4.90 Å². The minimum atomic E-state index is -0.247. The second kappa shape index (κ2) is 5.61. The third kappa shape index (κ3) is 3.07. The number of nitrogens with zero attached hydrogens (tertiary/aromatic N) is 2. The molecule has 0 radical (unpaired) electrons. The summed E-state index contributed by atoms with van der Waals surface area (Å²) in [6, 6.07) is 9.10. The van der Waals surface area contributed by atoms with E-state index in [2.05, 4.69) is 54.8 Å². The van der Waals surface area contributed by atoms with Crippen molar-refractivity contribution in [3.63, 3.8) is 0 Å². The summed E-state index contributed by atoms with van der Waals surface area (Å²) >= 11 is 0. The molecule has 0 spiro atoms. The van der Waals surface area contributed by atoms with Crippen LogP contribution in [0.15, 0.2) is 24.3 Å². The summed E-state index contributed by atoms with van der Waals surface area (Å²) < 4.78 is 0. The van der Waals surface area contributed by atoms with E-state index in [9.17, 15) is 4.79 Å². The Bertz CT molecular complexity index is 448. The predicted molar refractivity (Wildman–Crippen MR) is 78.2 cm³/mol. The van der Waals surface area contributed by atoms with Gasteiger partial charge < -0.3 is 10.6 Å². The lowest BCUT2D eigenvalue weighted by molar-refractivity contribution is -0.120. The van der Waals surface area contributed by atoms with E-state index >= 15 is 0 Å². The normalized spacial score (nSPS) is 24.5. The van der Waals surface area contributed by atoms with Gasteiger partial charge in [-0.15, -0.1) is 0 Å². The maximum Gasteiger partial charge on any atom is 0.231 e. The number of para-hydroxylation sites is 1. The summed E-state index contributed by atoms with van der Waals surface area (Å²) in [6.45, 7) is 8.67. The minimum Gasteiger partial charge on any atom is -0.369 e. The molecule has 2 rings (SSSR count). The Hall–Kier alpha value is -1.55. The average molecular weight is 261 g/mol. The van der Waals surface area contributed by atoms with Crippen molar-refractivity contribution in [2.75, 3.05) is 24.5 Å². The number of nitrogens with two attached hydrogens (primary N) is 1. The lowest BCUT2D eigenvalue weighted by Crippen LogP contribution is -2.58. The lowest BCUT2D eigenvalue weighted by atomic mass is 10.1. The molecule has 0 bridgehead atoms. The van der Waals surface area contributed by atoms with Crippen LogP contribution in [0.3, 0.4) is 0 Å². The Labute approximate surface area is 115 Å². The van der Waals surface area contributed by atoms with Gasteiger partial charge in [0.2, 0.25) is 5.91 Å². The highest BCUT2D eigenvalue weighted by atomic mass is 16.1. The smallest absolute Gasteiger partial charge is 0.231 e. The first-order valence-corrected chi connectivity index (χ1v) is 6.83. The number of hydrogen-bond donors (Lipinski definition) is 1. The molecule has 1 aromatic carbocycles. The molecule has 104 valence electrons. The molecule has 1 fully saturated rings. The number of anilines is 1. The Morgan fingerprint density at radius 2 is 1.84 bits per heavy atom. The van der Waals surface area contributed by atoms with Crippen LogP contribution >= 0.6 is 0 Å². The first-order valence-electron chi connectivity index (χ1n) is 6.83. The Morgan fingerprint density at radius 3 is 2.37 bits per heavy atom. The quantitative estimate of drug-likeness (QED) is 0.894. The summed E-state index contributed by atoms with van der Waals surface area (Å²) in [5, 5.41) is 0. The highest BCUT2D eigenvalue weighted by Crippen LogP contribution is 2.24. The minimum absolute atomic E-state index is 0.247. The SMILES string of the molecule is Cc1ccccc1N1C[C@@H](C)N(CC(N)=O)[C@@H](C)C1. The van der Waals surface area contributed by atoms with Gasteiger partial charge in [0.25, 0.3) is 0 Å². The van der Waals surface area contributed by atoms with E-state index in [0.717, 1.165) is 13.1 Å². The molecule has 19 heavy (non-hydrogen) atoms. The molecule has 0 unspecified atom stereocenters. The first-order chi connectivity index (χ1) is 8.99. The van der Waals surface area contributed by atoms with Gasteiger partial charge in [-0.3, -0.25) is 9.69 Å². The summed E-state index contributed by atoms with van der Waals surface area (Å²) in [6.07, 6.45) is 0. The third-order valence-corrected chi connectivity index (χ3v) is 3.90. The fourth-order valence-electron chi connectivity index (χ4n) is 2.96. The fourth-order valence-corrected chi connectivity index (χ4v) is 2.96. The van der Waals surface area contributed by atoms with Crippen LogP contribution in [0.2, 0.25) is 0 Å². The zero-order valence-corrected chi connectivity index (χ0v) is 12.0. The Balaban J connectivity index is 2.13. The monoisotopic (exact) mass is 261 g/mol. The van der Waals surface area contributed by atoms with Gasteiger partial charge in [-0.1, -0.05) is 18.2 Å². The number of primary amides is 1. The van der Waals surface area contributed by atoms with E-state index in [1.165, 1.54) is 11.3 Å². The van der Waals surface area contributed by atoms with E-state index in [0.29, 0.717) is 18.6 Å². The van der Waals surface area contributed by atoms with E-state index in [-0.39, 0.29) is 5.91 Å². The topological polar surface area (TPSA) is 49.6 Å². The molecule has 1 saturated heterocycles. The van der Waals surface area contributed by atoms with E-state index in [1.54, 1.807) is 0 Å². The van der Waals surface area contributed by atoms with Crippen LogP contribution in [0.5, 0.6) is 0 Å². The van der Waals surface area contributed by atoms with Crippen LogP contribution in [0.1, 0.15) is 19.4 Å². The Morgan fingerprint density at radius 1 is 1.26 bits per heavy atom. The standard InChI is InChI=1S/C15H23N3O/c1-11-6-4-5-7-14(11)17-8-12(2)18(10-15(16)19)13(3)9-17/h4-7,12-13H,8-10H2,1-3H3,(H2,16,19)/t12-,13+. The number of amides is 1. The molecular weight excluding hydrogens is 238 g/mol. The molecule has 1 heterocycles. The van der Waals surface area contributed by atoms with E-state index in [4.69, 9.17) is 5.73 Å². The highest BCUT2D eigenvalue weighted by molar-refractivity contribution is 5.76. The largest absolute Gasteiger partial charge is 0.369 e.